The van der Waals surface area contributed by atoms with Crippen molar-refractivity contribution in [3.63, 3.8) is 0 Å². The fourth-order valence-corrected chi connectivity index (χ4v) is 2.98. The average molecular weight is 470 g/mol. The fourth-order valence-electron chi connectivity index (χ4n) is 2.98. The number of aromatic nitrogens is 2. The number of nitrogens with zero attached hydrogens (tertiary/aromatic N) is 1. The van der Waals surface area contributed by atoms with Gasteiger partial charge >= 0.3 is 5.97 Å². The van der Waals surface area contributed by atoms with Crippen LogP contribution in [0.25, 0.3) is 0 Å². The monoisotopic (exact) mass is 469 g/mol. The highest BCUT2D eigenvalue weighted by Crippen LogP contribution is 2.05. The van der Waals surface area contributed by atoms with Crippen molar-refractivity contribution in [3.05, 3.63) is 18.2 Å². The summed E-state index contributed by atoms with van der Waals surface area (Å²) in [6.07, 6.45) is 4.65. The second kappa shape index (κ2) is 14.2. The molecule has 13 nitrogen and oxygen atoms in total. The molecule has 4 atom stereocenters. The van der Waals surface area contributed by atoms with Crippen LogP contribution in [0.2, 0.25) is 0 Å². The Kier molecular flexibility index (Phi) is 12.0. The molecule has 0 spiro atoms. The highest BCUT2D eigenvalue weighted by molar-refractivity contribution is 5.94. The topological polar surface area (TPSA) is 226 Å². The Hall–Kier alpha value is -3.03. The number of unbranched alkanes of at least 4 members (excludes halogenated alkanes) is 1. The number of H-pyrrole nitrogens is 1. The zero-order valence-corrected chi connectivity index (χ0v) is 18.9. The molecule has 13 heteroatoms. The summed E-state index contributed by atoms with van der Waals surface area (Å²) in [6, 6.07) is -4.60. The fraction of sp³-hybridized carbons (Fsp3) is 0.650. The smallest absolute Gasteiger partial charge is 0.326 e. The Morgan fingerprint density at radius 3 is 2.21 bits per heavy atom. The zero-order chi connectivity index (χ0) is 25.0. The van der Waals surface area contributed by atoms with Crippen molar-refractivity contribution in [3.8, 4) is 0 Å². The number of aliphatic carboxylic acids is 1. The second-order valence-corrected chi connectivity index (χ2v) is 8.05. The third kappa shape index (κ3) is 9.55. The van der Waals surface area contributed by atoms with E-state index >= 15 is 0 Å². The summed E-state index contributed by atoms with van der Waals surface area (Å²) in [7, 11) is 0. The molecule has 4 unspecified atom stereocenters. The number of nitrogens with one attached hydrogen (secondary N) is 4. The van der Waals surface area contributed by atoms with E-state index in [1.165, 1.54) is 12.5 Å². The average Bonchev–Trinajstić information content (AvgIpc) is 3.27. The number of hydrogen-bond acceptors (Lipinski definition) is 8. The van der Waals surface area contributed by atoms with Crippen molar-refractivity contribution < 1.29 is 29.4 Å². The number of carbonyl (C=O) groups is 4. The van der Waals surface area contributed by atoms with E-state index in [4.69, 9.17) is 11.5 Å². The van der Waals surface area contributed by atoms with Crippen LogP contribution >= 0.6 is 0 Å². The molecule has 1 rings (SSSR count). The van der Waals surface area contributed by atoms with Gasteiger partial charge in [-0.25, -0.2) is 9.78 Å². The van der Waals surface area contributed by atoms with Gasteiger partial charge < -0.3 is 42.6 Å². The van der Waals surface area contributed by atoms with Gasteiger partial charge in [0, 0.05) is 18.3 Å². The molecule has 10 N–H and O–H groups in total. The van der Waals surface area contributed by atoms with Crippen molar-refractivity contribution in [2.75, 3.05) is 13.2 Å². The van der Waals surface area contributed by atoms with Gasteiger partial charge in [0.2, 0.25) is 17.7 Å². The highest BCUT2D eigenvalue weighted by Gasteiger charge is 2.31. The minimum absolute atomic E-state index is 0.0244. The van der Waals surface area contributed by atoms with Gasteiger partial charge in [0.15, 0.2) is 0 Å². The van der Waals surface area contributed by atoms with Crippen LogP contribution in [-0.2, 0) is 25.6 Å². The molecule has 0 saturated carbocycles. The lowest BCUT2D eigenvalue weighted by Gasteiger charge is -2.25. The number of aliphatic hydroxyl groups is 1. The van der Waals surface area contributed by atoms with Crippen LogP contribution in [0, 0.1) is 5.92 Å². The molecular weight excluding hydrogens is 434 g/mol. The number of nitrogens with two attached hydrogens (primary N) is 2. The van der Waals surface area contributed by atoms with Crippen LogP contribution in [-0.4, -0.2) is 81.2 Å². The van der Waals surface area contributed by atoms with Crippen LogP contribution in [0.15, 0.2) is 12.5 Å². The molecule has 0 fully saturated rings. The van der Waals surface area contributed by atoms with E-state index < -0.39 is 60.4 Å². The van der Waals surface area contributed by atoms with E-state index in [2.05, 4.69) is 25.9 Å². The largest absolute Gasteiger partial charge is 0.480 e. The summed E-state index contributed by atoms with van der Waals surface area (Å²) in [5.74, 6) is -3.83. The Balaban J connectivity index is 2.89. The quantitative estimate of drug-likeness (QED) is 0.128. The first-order chi connectivity index (χ1) is 15.6. The van der Waals surface area contributed by atoms with Crippen molar-refractivity contribution in [2.45, 2.75) is 63.7 Å². The maximum Gasteiger partial charge on any atom is 0.326 e. The molecule has 0 aliphatic carbocycles. The minimum atomic E-state index is -1.42. The number of carboxylic acid groups (broad SMARTS) is 1. The predicted molar refractivity (Wildman–Crippen MR) is 119 cm³/mol. The van der Waals surface area contributed by atoms with Gasteiger partial charge in [-0.3, -0.25) is 14.4 Å². The molecular formula is C20H35N7O6. The number of rotatable bonds is 15. The normalized spacial score (nSPS) is 14.7. The van der Waals surface area contributed by atoms with Gasteiger partial charge in [-0.05, 0) is 25.3 Å². The Morgan fingerprint density at radius 2 is 1.70 bits per heavy atom. The number of amides is 3. The lowest BCUT2D eigenvalue weighted by Crippen LogP contribution is -2.59. The molecule has 1 aromatic rings. The predicted octanol–water partition coefficient (Wildman–Crippen LogP) is -2.40. The number of imidazole rings is 1. The van der Waals surface area contributed by atoms with Gasteiger partial charge in [0.05, 0.1) is 19.0 Å². The molecule has 33 heavy (non-hydrogen) atoms. The standard InChI is InChI=1S/C20H35N7O6/c1-11(2)16(20(32)33)27-19(31)15(9-28)26-18(30)14(7-12-8-23-10-24-12)25-17(29)13(22)5-3-4-6-21/h8,10-11,13-16,28H,3-7,9,21-22H2,1-2H3,(H,23,24)(H,25,29)(H,26,30)(H,27,31)(H,32,33). The highest BCUT2D eigenvalue weighted by atomic mass is 16.4. The number of aliphatic hydroxyl groups excluding tert-OH is 1. The third-order valence-corrected chi connectivity index (χ3v) is 4.96. The Morgan fingerprint density at radius 1 is 1.06 bits per heavy atom. The summed E-state index contributed by atoms with van der Waals surface area (Å²) in [5.41, 5.74) is 11.9. The first-order valence-electron chi connectivity index (χ1n) is 10.8. The maximum absolute atomic E-state index is 12.9. The van der Waals surface area contributed by atoms with Crippen molar-refractivity contribution in [1.82, 2.24) is 25.9 Å². The molecule has 1 heterocycles. The summed E-state index contributed by atoms with van der Waals surface area (Å²) in [5, 5.41) is 26.1. The van der Waals surface area contributed by atoms with Crippen molar-refractivity contribution in [1.29, 1.82) is 0 Å². The molecule has 0 aliphatic heterocycles. The van der Waals surface area contributed by atoms with Crippen molar-refractivity contribution in [2.24, 2.45) is 17.4 Å². The van der Waals surface area contributed by atoms with E-state index in [9.17, 15) is 29.4 Å². The first kappa shape index (κ1) is 28.0. The van der Waals surface area contributed by atoms with Gasteiger partial charge in [-0.1, -0.05) is 20.3 Å². The van der Waals surface area contributed by atoms with Gasteiger partial charge in [-0.15, -0.1) is 0 Å². The lowest BCUT2D eigenvalue weighted by molar-refractivity contribution is -0.143. The maximum atomic E-state index is 12.9. The van der Waals surface area contributed by atoms with Gasteiger partial charge in [0.1, 0.15) is 18.1 Å². The summed E-state index contributed by atoms with van der Waals surface area (Å²) in [4.78, 5) is 55.9. The second-order valence-electron chi connectivity index (χ2n) is 8.05. The minimum Gasteiger partial charge on any atom is -0.480 e. The van der Waals surface area contributed by atoms with Crippen molar-refractivity contribution >= 4 is 23.7 Å². The number of aromatic amines is 1. The molecule has 0 aliphatic rings. The number of hydrogen-bond donors (Lipinski definition) is 8. The molecule has 0 radical (unpaired) electrons. The van der Waals surface area contributed by atoms with E-state index in [0.29, 0.717) is 31.5 Å². The van der Waals surface area contributed by atoms with E-state index in [1.807, 2.05) is 0 Å². The Labute approximate surface area is 192 Å². The van der Waals surface area contributed by atoms with E-state index in [1.54, 1.807) is 13.8 Å². The van der Waals surface area contributed by atoms with Crippen LogP contribution in [0.1, 0.15) is 38.8 Å². The lowest BCUT2D eigenvalue weighted by atomic mass is 10.0. The van der Waals surface area contributed by atoms with Crippen LogP contribution < -0.4 is 27.4 Å². The number of carbonyl (C=O) groups excluding carboxylic acids is 3. The van der Waals surface area contributed by atoms with E-state index in [-0.39, 0.29) is 6.42 Å². The molecule has 0 aromatic carbocycles. The van der Waals surface area contributed by atoms with Gasteiger partial charge in [-0.2, -0.15) is 0 Å². The summed E-state index contributed by atoms with van der Waals surface area (Å²) < 4.78 is 0. The molecule has 186 valence electrons. The molecule has 0 saturated heterocycles. The summed E-state index contributed by atoms with van der Waals surface area (Å²) >= 11 is 0. The van der Waals surface area contributed by atoms with Gasteiger partial charge in [0.25, 0.3) is 0 Å². The third-order valence-electron chi connectivity index (χ3n) is 4.96. The van der Waals surface area contributed by atoms with Crippen LogP contribution in [0.4, 0.5) is 0 Å². The van der Waals surface area contributed by atoms with Crippen LogP contribution in [0.5, 0.6) is 0 Å². The van der Waals surface area contributed by atoms with Crippen LogP contribution in [0.3, 0.4) is 0 Å². The molecule has 1 aromatic heterocycles. The summed E-state index contributed by atoms with van der Waals surface area (Å²) in [6.45, 7) is 2.92. The SMILES string of the molecule is CC(C)C(NC(=O)C(CO)NC(=O)C(Cc1cnc[nH]1)NC(=O)C(N)CCCCN)C(=O)O. The number of carboxylic acids is 1. The Bertz CT molecular complexity index is 771. The van der Waals surface area contributed by atoms with E-state index in [0.717, 1.165) is 0 Å². The first-order valence-corrected chi connectivity index (χ1v) is 10.8. The molecule has 0 bridgehead atoms. The zero-order valence-electron chi connectivity index (χ0n) is 18.9. The molecule has 3 amide bonds.